The number of hydrogen-bond acceptors (Lipinski definition) is 8. The van der Waals surface area contributed by atoms with Gasteiger partial charge in [-0.25, -0.2) is 9.97 Å². The van der Waals surface area contributed by atoms with Crippen LogP contribution < -0.4 is 15.8 Å². The highest BCUT2D eigenvalue weighted by atomic mass is 16.3. The number of hydrogen-bond donors (Lipinski definition) is 3. The predicted molar refractivity (Wildman–Crippen MR) is 170 cm³/mol. The number of fused-ring (bicyclic) bond motifs is 1. The lowest BCUT2D eigenvalue weighted by molar-refractivity contribution is -0.129. The summed E-state index contributed by atoms with van der Waals surface area (Å²) < 4.78 is 1.55. The van der Waals surface area contributed by atoms with Gasteiger partial charge in [0.15, 0.2) is 5.82 Å². The Kier molecular flexibility index (Phi) is 8.40. The summed E-state index contributed by atoms with van der Waals surface area (Å²) in [4.78, 5) is 38.5. The number of allylic oxidation sites excluding steroid dienone is 1. The van der Waals surface area contributed by atoms with Crippen molar-refractivity contribution in [1.82, 2.24) is 24.8 Å². The van der Waals surface area contributed by atoms with Gasteiger partial charge in [0.1, 0.15) is 5.82 Å². The maximum atomic E-state index is 12.4. The van der Waals surface area contributed by atoms with Crippen LogP contribution in [0.3, 0.4) is 0 Å². The van der Waals surface area contributed by atoms with Gasteiger partial charge < -0.3 is 30.2 Å². The Morgan fingerprint density at radius 3 is 2.51 bits per heavy atom. The molecule has 222 valence electrons. The average molecular weight is 580 g/mol. The fourth-order valence-corrected chi connectivity index (χ4v) is 5.27. The number of piperazine rings is 1. The number of carbonyl (C=O) groups excluding carboxylic acids is 1. The lowest BCUT2D eigenvalue weighted by atomic mass is 10.00. The molecule has 0 unspecified atom stereocenters. The van der Waals surface area contributed by atoms with Crippen LogP contribution in [0.25, 0.3) is 27.6 Å². The van der Waals surface area contributed by atoms with Crippen LogP contribution in [0.2, 0.25) is 0 Å². The Balaban J connectivity index is 1.69. The van der Waals surface area contributed by atoms with Gasteiger partial charge in [0.05, 0.1) is 22.7 Å². The number of nitrogens with zero attached hydrogens (tertiary/aromatic N) is 5. The zero-order chi connectivity index (χ0) is 30.7. The molecule has 0 saturated carbocycles. The third-order valence-corrected chi connectivity index (χ3v) is 7.58. The van der Waals surface area contributed by atoms with Crippen molar-refractivity contribution in [2.75, 3.05) is 31.1 Å². The van der Waals surface area contributed by atoms with Crippen molar-refractivity contribution in [2.24, 2.45) is 7.05 Å². The predicted octanol–water partition coefficient (Wildman–Crippen LogP) is 3.76. The summed E-state index contributed by atoms with van der Waals surface area (Å²) >= 11 is 0. The number of anilines is 1. The van der Waals surface area contributed by atoms with Gasteiger partial charge in [0.2, 0.25) is 11.5 Å². The number of rotatable bonds is 8. The van der Waals surface area contributed by atoms with Crippen LogP contribution in [0.1, 0.15) is 38.2 Å². The van der Waals surface area contributed by atoms with E-state index >= 15 is 0 Å². The zero-order valence-electron chi connectivity index (χ0n) is 24.9. The van der Waals surface area contributed by atoms with Gasteiger partial charge in [-0.3, -0.25) is 9.59 Å². The van der Waals surface area contributed by atoms with Crippen molar-refractivity contribution in [3.8, 4) is 11.1 Å². The SMILES string of the molecule is CC(=O)N1CCN(c2nc(/C(C=N)=C/NCC(C)(C)O)nc3ccc(-c4ccc(=O)n(C)c4)cc23)[C@@H](c2ccccc2)C1. The molecule has 0 radical (unpaired) electrons. The van der Waals surface area contributed by atoms with E-state index in [0.717, 1.165) is 22.1 Å². The highest BCUT2D eigenvalue weighted by Gasteiger charge is 2.32. The molecule has 1 fully saturated rings. The van der Waals surface area contributed by atoms with E-state index in [9.17, 15) is 14.7 Å². The molecule has 2 aromatic heterocycles. The van der Waals surface area contributed by atoms with Crippen LogP contribution in [-0.4, -0.2) is 68.4 Å². The Labute approximate surface area is 250 Å². The number of benzene rings is 2. The van der Waals surface area contributed by atoms with E-state index < -0.39 is 5.60 Å². The minimum absolute atomic E-state index is 0.0256. The Hall–Kier alpha value is -4.83. The van der Waals surface area contributed by atoms with Crippen molar-refractivity contribution >= 4 is 34.4 Å². The molecule has 0 spiro atoms. The number of aliphatic hydroxyl groups is 1. The third-order valence-electron chi connectivity index (χ3n) is 7.58. The fraction of sp³-hybridized carbons (Fsp3) is 0.303. The van der Waals surface area contributed by atoms with E-state index in [1.807, 2.05) is 41.3 Å². The second kappa shape index (κ2) is 12.2. The Morgan fingerprint density at radius 2 is 1.84 bits per heavy atom. The first-order valence-corrected chi connectivity index (χ1v) is 14.3. The first-order chi connectivity index (χ1) is 20.5. The molecule has 1 amide bonds. The molecule has 1 atom stereocenters. The number of carbonyl (C=O) groups is 1. The highest BCUT2D eigenvalue weighted by Crippen LogP contribution is 2.36. The van der Waals surface area contributed by atoms with Crippen molar-refractivity contribution < 1.29 is 9.90 Å². The Bertz CT molecular complexity index is 1740. The standard InChI is InChI=1S/C33H37N7O3/c1-22(41)39-14-15-40(29(20-39)23-8-6-5-7-9-23)32-27-16-24(25-11-13-30(42)38(4)19-25)10-12-28(27)36-31(37-32)26(17-34)18-35-21-33(2,3)43/h5-13,16-19,29,34-35,43H,14-15,20-21H2,1-4H3/b26-18+,34-17?/t29-/m1/s1. The van der Waals surface area contributed by atoms with Gasteiger partial charge >= 0.3 is 0 Å². The van der Waals surface area contributed by atoms with Crippen molar-refractivity contribution in [3.63, 3.8) is 0 Å². The fourth-order valence-electron chi connectivity index (χ4n) is 5.27. The molecular weight excluding hydrogens is 542 g/mol. The van der Waals surface area contributed by atoms with Gasteiger partial charge in [-0.05, 0) is 48.7 Å². The van der Waals surface area contributed by atoms with Gasteiger partial charge in [-0.15, -0.1) is 0 Å². The molecule has 5 rings (SSSR count). The first-order valence-electron chi connectivity index (χ1n) is 14.3. The molecule has 10 nitrogen and oxygen atoms in total. The molecule has 2 aromatic carbocycles. The lowest BCUT2D eigenvalue weighted by Gasteiger charge is -2.42. The summed E-state index contributed by atoms with van der Waals surface area (Å²) in [5, 5.41) is 22.2. The topological polar surface area (TPSA) is 127 Å². The second-order valence-corrected chi connectivity index (χ2v) is 11.5. The normalized spacial score (nSPS) is 15.9. The molecule has 10 heteroatoms. The van der Waals surface area contributed by atoms with Crippen molar-refractivity contribution in [3.05, 3.63) is 94.8 Å². The number of nitrogens with one attached hydrogen (secondary N) is 2. The Morgan fingerprint density at radius 1 is 1.09 bits per heavy atom. The molecule has 1 aliphatic heterocycles. The van der Waals surface area contributed by atoms with Gasteiger partial charge in [0, 0.05) is 70.2 Å². The molecule has 1 aliphatic rings. The van der Waals surface area contributed by atoms with E-state index in [2.05, 4.69) is 22.3 Å². The number of pyridine rings is 1. The molecule has 43 heavy (non-hydrogen) atoms. The van der Waals surface area contributed by atoms with Crippen LogP contribution in [0.5, 0.6) is 0 Å². The van der Waals surface area contributed by atoms with Crippen LogP contribution >= 0.6 is 0 Å². The zero-order valence-corrected chi connectivity index (χ0v) is 24.9. The smallest absolute Gasteiger partial charge is 0.250 e. The molecule has 1 saturated heterocycles. The van der Waals surface area contributed by atoms with E-state index in [1.54, 1.807) is 56.9 Å². The van der Waals surface area contributed by atoms with E-state index in [0.29, 0.717) is 42.4 Å². The summed E-state index contributed by atoms with van der Waals surface area (Å²) in [5.41, 5.74) is 3.00. The van der Waals surface area contributed by atoms with Crippen molar-refractivity contribution in [2.45, 2.75) is 32.4 Å². The minimum atomic E-state index is -0.935. The highest BCUT2D eigenvalue weighted by molar-refractivity contribution is 6.07. The molecular formula is C33H37N7O3. The van der Waals surface area contributed by atoms with E-state index in [-0.39, 0.29) is 24.1 Å². The third kappa shape index (κ3) is 6.65. The molecule has 4 aromatic rings. The number of aromatic nitrogens is 3. The maximum absolute atomic E-state index is 12.4. The summed E-state index contributed by atoms with van der Waals surface area (Å²) in [6.45, 7) is 6.88. The van der Waals surface area contributed by atoms with Crippen LogP contribution in [0.15, 0.2) is 77.9 Å². The summed E-state index contributed by atoms with van der Waals surface area (Å²) in [6, 6.07) is 19.2. The van der Waals surface area contributed by atoms with Gasteiger partial charge in [-0.2, -0.15) is 0 Å². The summed E-state index contributed by atoms with van der Waals surface area (Å²) in [7, 11) is 1.73. The van der Waals surface area contributed by atoms with E-state index in [4.69, 9.17) is 15.4 Å². The molecule has 0 bridgehead atoms. The van der Waals surface area contributed by atoms with E-state index in [1.165, 1.54) is 6.21 Å². The lowest BCUT2D eigenvalue weighted by Crippen LogP contribution is -2.50. The first kappa shape index (κ1) is 29.7. The average Bonchev–Trinajstić information content (AvgIpc) is 2.99. The van der Waals surface area contributed by atoms with Gasteiger partial charge in [0.25, 0.3) is 0 Å². The summed E-state index contributed by atoms with van der Waals surface area (Å²) in [6.07, 6.45) is 4.65. The minimum Gasteiger partial charge on any atom is -0.389 e. The van der Waals surface area contributed by atoms with Crippen LogP contribution in [0, 0.1) is 5.41 Å². The quantitative estimate of drug-likeness (QED) is 0.271. The largest absolute Gasteiger partial charge is 0.389 e. The van der Waals surface area contributed by atoms with Crippen LogP contribution in [-0.2, 0) is 11.8 Å². The molecule has 3 heterocycles. The maximum Gasteiger partial charge on any atom is 0.250 e. The number of aryl methyl sites for hydroxylation is 1. The molecule has 3 N–H and O–H groups in total. The summed E-state index contributed by atoms with van der Waals surface area (Å²) in [5.74, 6) is 1.09. The second-order valence-electron chi connectivity index (χ2n) is 11.5. The number of amides is 1. The van der Waals surface area contributed by atoms with Gasteiger partial charge in [-0.1, -0.05) is 36.4 Å². The van der Waals surface area contributed by atoms with Crippen molar-refractivity contribution in [1.29, 1.82) is 5.41 Å². The molecule has 0 aliphatic carbocycles. The van der Waals surface area contributed by atoms with Crippen LogP contribution in [0.4, 0.5) is 5.82 Å². The monoisotopic (exact) mass is 579 g/mol.